The third kappa shape index (κ3) is 10.8. The van der Waals surface area contributed by atoms with Crippen LogP contribution in [0.5, 0.6) is 0 Å². The normalized spacial score (nSPS) is 9.74. The fourth-order valence-corrected chi connectivity index (χ4v) is 1.46. The summed E-state index contributed by atoms with van der Waals surface area (Å²) in [6.07, 6.45) is 5.36. The zero-order valence-corrected chi connectivity index (χ0v) is 15.5. The molecule has 2 aromatic rings. The van der Waals surface area contributed by atoms with Crippen molar-refractivity contribution < 1.29 is 39.3 Å². The van der Waals surface area contributed by atoms with E-state index in [4.69, 9.17) is 10.2 Å². The number of benzene rings is 2. The number of hydrogen-bond donors (Lipinski definition) is 2. The first-order valence-electron chi connectivity index (χ1n) is 6.50. The second kappa shape index (κ2) is 12.1. The van der Waals surface area contributed by atoms with E-state index >= 15 is 0 Å². The molecular weight excluding hydrogens is 346 g/mol. The van der Waals surface area contributed by atoms with E-state index in [2.05, 4.69) is 0 Å². The van der Waals surface area contributed by atoms with Gasteiger partial charge in [0.15, 0.2) is 0 Å². The van der Waals surface area contributed by atoms with Crippen molar-refractivity contribution in [3.8, 4) is 0 Å². The van der Waals surface area contributed by atoms with E-state index in [1.165, 1.54) is 0 Å². The molecule has 0 aliphatic rings. The van der Waals surface area contributed by atoms with Crippen LogP contribution in [-0.2, 0) is 29.1 Å². The molecule has 4 nitrogen and oxygen atoms in total. The van der Waals surface area contributed by atoms with Gasteiger partial charge in [0.05, 0.1) is 0 Å². The minimum absolute atomic E-state index is 0. The van der Waals surface area contributed by atoms with Gasteiger partial charge in [-0.15, -0.1) is 0 Å². The molecule has 0 spiro atoms. The predicted octanol–water partition coefficient (Wildman–Crippen LogP) is 3.57. The molecule has 23 heavy (non-hydrogen) atoms. The molecule has 0 radical (unpaired) electrons. The van der Waals surface area contributed by atoms with Crippen molar-refractivity contribution in [2.75, 3.05) is 0 Å². The van der Waals surface area contributed by atoms with Crippen molar-refractivity contribution in [3.05, 3.63) is 83.9 Å². The van der Waals surface area contributed by atoms with Gasteiger partial charge < -0.3 is 10.2 Å². The van der Waals surface area contributed by atoms with Gasteiger partial charge in [0.2, 0.25) is 0 Å². The molecular formula is C18H16O4Zn. The Bertz CT molecular complexity index is 590. The molecule has 114 valence electrons. The molecule has 0 saturated heterocycles. The Kier molecular flexibility index (Phi) is 10.7. The average Bonchev–Trinajstić information content (AvgIpc) is 2.53. The smallest absolute Gasteiger partial charge is 0.328 e. The van der Waals surface area contributed by atoms with Crippen LogP contribution in [0, 0.1) is 0 Å². The van der Waals surface area contributed by atoms with Crippen LogP contribution >= 0.6 is 0 Å². The van der Waals surface area contributed by atoms with E-state index in [1.807, 2.05) is 60.7 Å². The van der Waals surface area contributed by atoms with Crippen LogP contribution < -0.4 is 0 Å². The summed E-state index contributed by atoms with van der Waals surface area (Å²) >= 11 is 0. The number of aliphatic carboxylic acids is 2. The van der Waals surface area contributed by atoms with Gasteiger partial charge in [0.25, 0.3) is 0 Å². The largest absolute Gasteiger partial charge is 0.478 e. The Morgan fingerprint density at radius 2 is 0.957 bits per heavy atom. The maximum atomic E-state index is 10.1. The summed E-state index contributed by atoms with van der Waals surface area (Å²) in [5.41, 5.74) is 1.80. The molecule has 2 aromatic carbocycles. The SMILES string of the molecule is O=C(O)C=Cc1ccccc1.O=C(O)C=Cc1ccccc1.[Zn]. The Balaban J connectivity index is 0.000000403. The van der Waals surface area contributed by atoms with Gasteiger partial charge >= 0.3 is 11.9 Å². The molecule has 0 fully saturated rings. The zero-order valence-electron chi connectivity index (χ0n) is 12.5. The third-order valence-corrected chi connectivity index (χ3v) is 2.44. The predicted molar refractivity (Wildman–Crippen MR) is 86.2 cm³/mol. The summed E-state index contributed by atoms with van der Waals surface area (Å²) in [6.45, 7) is 0. The number of hydrogen-bond acceptors (Lipinski definition) is 2. The van der Waals surface area contributed by atoms with E-state index in [0.717, 1.165) is 23.3 Å². The fraction of sp³-hybridized carbons (Fsp3) is 0. The molecule has 0 bridgehead atoms. The second-order valence-electron chi connectivity index (χ2n) is 4.16. The van der Waals surface area contributed by atoms with Gasteiger partial charge in [-0.05, 0) is 23.3 Å². The van der Waals surface area contributed by atoms with E-state index in [0.29, 0.717) is 0 Å². The van der Waals surface area contributed by atoms with E-state index in [9.17, 15) is 9.59 Å². The van der Waals surface area contributed by atoms with E-state index < -0.39 is 11.9 Å². The Morgan fingerprint density at radius 1 is 0.652 bits per heavy atom. The Labute approximate surface area is 147 Å². The van der Waals surface area contributed by atoms with Crippen LogP contribution in [0.15, 0.2) is 72.8 Å². The Morgan fingerprint density at radius 3 is 1.22 bits per heavy atom. The minimum Gasteiger partial charge on any atom is -0.478 e. The Hall–Kier alpha value is -2.52. The standard InChI is InChI=1S/2C9H8O2.Zn/c2*10-9(11)7-6-8-4-2-1-3-5-8;/h2*1-7H,(H,10,11);. The van der Waals surface area contributed by atoms with Crippen LogP contribution in [0.3, 0.4) is 0 Å². The number of carboxylic acids is 2. The zero-order chi connectivity index (χ0) is 16.2. The summed E-state index contributed by atoms with van der Waals surface area (Å²) in [7, 11) is 0. The molecule has 0 atom stereocenters. The number of carboxylic acid groups (broad SMARTS) is 2. The maximum Gasteiger partial charge on any atom is 0.328 e. The van der Waals surface area contributed by atoms with E-state index in [1.54, 1.807) is 12.2 Å². The summed E-state index contributed by atoms with van der Waals surface area (Å²) in [4.78, 5) is 20.2. The van der Waals surface area contributed by atoms with Crippen molar-refractivity contribution in [2.45, 2.75) is 0 Å². The first kappa shape index (κ1) is 20.5. The summed E-state index contributed by atoms with van der Waals surface area (Å²) in [5, 5.41) is 16.6. The molecule has 0 heterocycles. The van der Waals surface area contributed by atoms with E-state index in [-0.39, 0.29) is 19.5 Å². The van der Waals surface area contributed by atoms with Crippen molar-refractivity contribution in [1.82, 2.24) is 0 Å². The minimum atomic E-state index is -0.922. The van der Waals surface area contributed by atoms with Crippen molar-refractivity contribution >= 4 is 24.1 Å². The van der Waals surface area contributed by atoms with Gasteiger partial charge in [-0.2, -0.15) is 0 Å². The van der Waals surface area contributed by atoms with Crippen LogP contribution in [0.4, 0.5) is 0 Å². The van der Waals surface area contributed by atoms with Gasteiger partial charge in [-0.25, -0.2) is 9.59 Å². The first-order chi connectivity index (χ1) is 10.6. The van der Waals surface area contributed by atoms with Crippen LogP contribution in [-0.4, -0.2) is 22.2 Å². The third-order valence-electron chi connectivity index (χ3n) is 2.44. The molecule has 0 amide bonds. The molecule has 2 rings (SSSR count). The van der Waals surface area contributed by atoms with Crippen molar-refractivity contribution in [3.63, 3.8) is 0 Å². The van der Waals surface area contributed by atoms with Gasteiger partial charge in [0, 0.05) is 31.6 Å². The fourth-order valence-electron chi connectivity index (χ4n) is 1.46. The molecule has 5 heteroatoms. The molecule has 0 saturated carbocycles. The molecule has 2 N–H and O–H groups in total. The summed E-state index contributed by atoms with van der Waals surface area (Å²) in [6, 6.07) is 18.6. The van der Waals surface area contributed by atoms with Crippen molar-refractivity contribution in [1.29, 1.82) is 0 Å². The van der Waals surface area contributed by atoms with Crippen LogP contribution in [0.2, 0.25) is 0 Å². The molecule has 0 aromatic heterocycles. The number of carbonyl (C=O) groups is 2. The average molecular weight is 362 g/mol. The summed E-state index contributed by atoms with van der Waals surface area (Å²) < 4.78 is 0. The summed E-state index contributed by atoms with van der Waals surface area (Å²) in [5.74, 6) is -1.84. The van der Waals surface area contributed by atoms with Crippen LogP contribution in [0.1, 0.15) is 11.1 Å². The van der Waals surface area contributed by atoms with Crippen molar-refractivity contribution in [2.24, 2.45) is 0 Å². The van der Waals surface area contributed by atoms with Crippen LogP contribution in [0.25, 0.3) is 12.2 Å². The molecule has 0 aliphatic carbocycles. The topological polar surface area (TPSA) is 74.6 Å². The van der Waals surface area contributed by atoms with Gasteiger partial charge in [-0.3, -0.25) is 0 Å². The van der Waals surface area contributed by atoms with Gasteiger partial charge in [0.1, 0.15) is 0 Å². The molecule has 0 aliphatic heterocycles. The molecule has 0 unspecified atom stereocenters. The van der Waals surface area contributed by atoms with Gasteiger partial charge in [-0.1, -0.05) is 60.7 Å². The number of rotatable bonds is 4. The monoisotopic (exact) mass is 360 g/mol. The second-order valence-corrected chi connectivity index (χ2v) is 4.16. The maximum absolute atomic E-state index is 10.1. The quantitative estimate of drug-likeness (QED) is 0.645. The first-order valence-corrected chi connectivity index (χ1v) is 6.50.